The minimum absolute atomic E-state index is 0.290. The number of nitrogens with one attached hydrogen (secondary N) is 1. The van der Waals surface area contributed by atoms with E-state index in [1.807, 2.05) is 11.0 Å². The molecule has 5 nitrogen and oxygen atoms in total. The van der Waals surface area contributed by atoms with Crippen LogP contribution in [0.1, 0.15) is 50.6 Å². The highest BCUT2D eigenvalue weighted by atomic mass is 16.2. The van der Waals surface area contributed by atoms with Crippen molar-refractivity contribution < 1.29 is 4.79 Å². The number of H-pyrrole nitrogens is 1. The molecule has 2 heterocycles. The molecule has 20 heavy (non-hydrogen) atoms. The van der Waals surface area contributed by atoms with Crippen molar-refractivity contribution in [3.63, 3.8) is 0 Å². The van der Waals surface area contributed by atoms with Gasteiger partial charge in [-0.15, -0.1) is 0 Å². The lowest BCUT2D eigenvalue weighted by molar-refractivity contribution is -0.132. The molecule has 5 heteroatoms. The van der Waals surface area contributed by atoms with Gasteiger partial charge in [0.2, 0.25) is 5.91 Å². The smallest absolute Gasteiger partial charge is 0.222 e. The number of piperidine rings is 1. The summed E-state index contributed by atoms with van der Waals surface area (Å²) in [5.41, 5.74) is 6.70. The standard InChI is InChI=1S/C15H26N4O/c1-12(6-8-16)4-5-15(20)19-10-2-3-13(11-19)14-7-9-17-18-14/h7,9,12-13H,2-6,8,10-11,16H2,1H3,(H,17,18). The van der Waals surface area contributed by atoms with Gasteiger partial charge in [0.25, 0.3) is 0 Å². The minimum atomic E-state index is 0.290. The summed E-state index contributed by atoms with van der Waals surface area (Å²) in [6.07, 6.45) is 6.59. The summed E-state index contributed by atoms with van der Waals surface area (Å²) in [4.78, 5) is 14.3. The molecule has 3 N–H and O–H groups in total. The summed E-state index contributed by atoms with van der Waals surface area (Å²) < 4.78 is 0. The Kier molecular flexibility index (Phi) is 5.59. The van der Waals surface area contributed by atoms with Crippen molar-refractivity contribution in [2.45, 2.75) is 44.9 Å². The van der Waals surface area contributed by atoms with Crippen LogP contribution in [-0.4, -0.2) is 40.6 Å². The average molecular weight is 278 g/mol. The van der Waals surface area contributed by atoms with Crippen LogP contribution < -0.4 is 5.73 Å². The molecule has 2 rings (SSSR count). The molecule has 1 aromatic rings. The summed E-state index contributed by atoms with van der Waals surface area (Å²) in [5.74, 6) is 1.24. The zero-order valence-electron chi connectivity index (χ0n) is 12.3. The van der Waals surface area contributed by atoms with Gasteiger partial charge in [-0.3, -0.25) is 9.89 Å². The lowest BCUT2D eigenvalue weighted by Gasteiger charge is -2.32. The average Bonchev–Trinajstić information content (AvgIpc) is 2.99. The van der Waals surface area contributed by atoms with Crippen LogP contribution in [0, 0.1) is 5.92 Å². The number of carbonyl (C=O) groups is 1. The monoisotopic (exact) mass is 278 g/mol. The van der Waals surface area contributed by atoms with E-state index in [-0.39, 0.29) is 5.91 Å². The molecule has 1 aliphatic rings. The molecule has 2 unspecified atom stereocenters. The summed E-state index contributed by atoms with van der Waals surface area (Å²) >= 11 is 0. The maximum atomic E-state index is 12.3. The van der Waals surface area contributed by atoms with Gasteiger partial charge in [-0.25, -0.2) is 0 Å². The third-order valence-electron chi connectivity index (χ3n) is 4.25. The van der Waals surface area contributed by atoms with Crippen molar-refractivity contribution in [2.75, 3.05) is 19.6 Å². The molecule has 0 saturated carbocycles. The van der Waals surface area contributed by atoms with Crippen LogP contribution in [-0.2, 0) is 4.79 Å². The number of likely N-dealkylation sites (tertiary alicyclic amines) is 1. The molecule has 112 valence electrons. The number of rotatable bonds is 6. The predicted molar refractivity (Wildman–Crippen MR) is 79.2 cm³/mol. The first-order valence-electron chi connectivity index (χ1n) is 7.67. The highest BCUT2D eigenvalue weighted by Gasteiger charge is 2.25. The molecule has 1 saturated heterocycles. The second-order valence-corrected chi connectivity index (χ2v) is 5.91. The number of aromatic amines is 1. The first kappa shape index (κ1) is 15.0. The molecule has 1 amide bonds. The third kappa shape index (κ3) is 4.07. The van der Waals surface area contributed by atoms with Gasteiger partial charge in [0.15, 0.2) is 0 Å². The van der Waals surface area contributed by atoms with E-state index in [0.717, 1.165) is 44.5 Å². The van der Waals surface area contributed by atoms with Gasteiger partial charge >= 0.3 is 0 Å². The molecular formula is C15H26N4O. The van der Waals surface area contributed by atoms with E-state index < -0.39 is 0 Å². The Morgan fingerprint density at radius 3 is 3.15 bits per heavy atom. The highest BCUT2D eigenvalue weighted by molar-refractivity contribution is 5.76. The van der Waals surface area contributed by atoms with Crippen LogP contribution in [0.2, 0.25) is 0 Å². The Morgan fingerprint density at radius 1 is 1.60 bits per heavy atom. The second-order valence-electron chi connectivity index (χ2n) is 5.91. The molecular weight excluding hydrogens is 252 g/mol. The van der Waals surface area contributed by atoms with Gasteiger partial charge in [-0.05, 0) is 44.2 Å². The predicted octanol–water partition coefficient (Wildman–Crippen LogP) is 1.88. The van der Waals surface area contributed by atoms with E-state index in [1.54, 1.807) is 6.20 Å². The van der Waals surface area contributed by atoms with Gasteiger partial charge in [0.05, 0.1) is 0 Å². The normalized spacial score (nSPS) is 20.9. The molecule has 1 aromatic heterocycles. The fourth-order valence-electron chi connectivity index (χ4n) is 2.91. The van der Waals surface area contributed by atoms with Crippen LogP contribution in [0.15, 0.2) is 12.3 Å². The molecule has 0 radical (unpaired) electrons. The van der Waals surface area contributed by atoms with Gasteiger partial charge in [-0.1, -0.05) is 6.92 Å². The molecule has 0 spiro atoms. The van der Waals surface area contributed by atoms with Crippen molar-refractivity contribution in [1.82, 2.24) is 15.1 Å². The number of amides is 1. The molecule has 2 atom stereocenters. The minimum Gasteiger partial charge on any atom is -0.342 e. The van der Waals surface area contributed by atoms with Crippen LogP contribution in [0.5, 0.6) is 0 Å². The number of hydrogen-bond acceptors (Lipinski definition) is 3. The van der Waals surface area contributed by atoms with E-state index in [4.69, 9.17) is 5.73 Å². The van der Waals surface area contributed by atoms with E-state index >= 15 is 0 Å². The van der Waals surface area contributed by atoms with Crippen molar-refractivity contribution in [2.24, 2.45) is 11.7 Å². The maximum Gasteiger partial charge on any atom is 0.222 e. The number of aromatic nitrogens is 2. The molecule has 0 aromatic carbocycles. The third-order valence-corrected chi connectivity index (χ3v) is 4.25. The van der Waals surface area contributed by atoms with Crippen LogP contribution in [0.25, 0.3) is 0 Å². The second kappa shape index (κ2) is 7.43. The van der Waals surface area contributed by atoms with Crippen molar-refractivity contribution >= 4 is 5.91 Å². The fourth-order valence-corrected chi connectivity index (χ4v) is 2.91. The number of hydrogen-bond donors (Lipinski definition) is 2. The summed E-state index contributed by atoms with van der Waals surface area (Å²) in [6, 6.07) is 2.02. The zero-order chi connectivity index (χ0) is 14.4. The Labute approximate surface area is 120 Å². The van der Waals surface area contributed by atoms with Crippen molar-refractivity contribution in [3.05, 3.63) is 18.0 Å². The van der Waals surface area contributed by atoms with Crippen LogP contribution in [0.4, 0.5) is 0 Å². The lowest BCUT2D eigenvalue weighted by atomic mass is 9.94. The van der Waals surface area contributed by atoms with E-state index in [2.05, 4.69) is 17.1 Å². The largest absolute Gasteiger partial charge is 0.342 e. The van der Waals surface area contributed by atoms with E-state index in [9.17, 15) is 4.79 Å². The van der Waals surface area contributed by atoms with Crippen molar-refractivity contribution in [1.29, 1.82) is 0 Å². The lowest BCUT2D eigenvalue weighted by Crippen LogP contribution is -2.39. The van der Waals surface area contributed by atoms with E-state index in [1.165, 1.54) is 0 Å². The van der Waals surface area contributed by atoms with Gasteiger partial charge < -0.3 is 10.6 Å². The molecule has 0 bridgehead atoms. The Balaban J connectivity index is 1.81. The summed E-state index contributed by atoms with van der Waals surface area (Å²) in [6.45, 7) is 4.60. The zero-order valence-corrected chi connectivity index (χ0v) is 12.3. The quantitative estimate of drug-likeness (QED) is 0.834. The first-order chi connectivity index (χ1) is 9.70. The van der Waals surface area contributed by atoms with Crippen LogP contribution in [0.3, 0.4) is 0 Å². The Hall–Kier alpha value is -1.36. The SMILES string of the molecule is CC(CCN)CCC(=O)N1CCCC(c2ccn[nH]2)C1. The topological polar surface area (TPSA) is 75.0 Å². The molecule has 0 aliphatic carbocycles. The Bertz CT molecular complexity index is 404. The van der Waals surface area contributed by atoms with Crippen molar-refractivity contribution in [3.8, 4) is 0 Å². The highest BCUT2D eigenvalue weighted by Crippen LogP contribution is 2.26. The maximum absolute atomic E-state index is 12.3. The van der Waals surface area contributed by atoms with Crippen LogP contribution >= 0.6 is 0 Å². The summed E-state index contributed by atoms with van der Waals surface area (Å²) in [7, 11) is 0. The molecule has 1 fully saturated rings. The number of nitrogens with zero attached hydrogens (tertiary/aromatic N) is 2. The van der Waals surface area contributed by atoms with Gasteiger partial charge in [0.1, 0.15) is 0 Å². The summed E-state index contributed by atoms with van der Waals surface area (Å²) in [5, 5.41) is 7.04. The number of nitrogens with two attached hydrogens (primary N) is 1. The number of carbonyl (C=O) groups excluding carboxylic acids is 1. The Morgan fingerprint density at radius 2 is 2.45 bits per heavy atom. The first-order valence-corrected chi connectivity index (χ1v) is 7.67. The van der Waals surface area contributed by atoms with E-state index in [0.29, 0.717) is 24.8 Å². The van der Waals surface area contributed by atoms with Gasteiger partial charge in [0, 0.05) is 37.3 Å². The van der Waals surface area contributed by atoms with Gasteiger partial charge in [-0.2, -0.15) is 5.10 Å². The fraction of sp³-hybridized carbons (Fsp3) is 0.733. The molecule has 1 aliphatic heterocycles.